The fourth-order valence-electron chi connectivity index (χ4n) is 2.94. The van der Waals surface area contributed by atoms with Gasteiger partial charge in [-0.1, -0.05) is 42.3 Å². The lowest BCUT2D eigenvalue weighted by atomic mass is 9.95. The highest BCUT2D eigenvalue weighted by atomic mass is 79.9. The van der Waals surface area contributed by atoms with Gasteiger partial charge in [0.05, 0.1) is 4.47 Å². The summed E-state index contributed by atoms with van der Waals surface area (Å²) in [5.74, 6) is 1.74. The quantitative estimate of drug-likeness (QED) is 0.573. The maximum absolute atomic E-state index is 5.96. The molecular weight excluding hydrogens is 386 g/mol. The first-order valence-electron chi connectivity index (χ1n) is 8.57. The topological polar surface area (TPSA) is 21.3 Å². The number of halogens is 2. The standard InChI is InChI=1S/C20H23BrClNO/c21-19-11-18(22)8-9-20(19)24-14-16-7-3-6-15(10-16)4-1-2-5-17-12-23-13-17/h3,6-11,17,23H,1-2,4-5,12-14H2. The second-order valence-electron chi connectivity index (χ2n) is 6.45. The van der Waals surface area contributed by atoms with Crippen molar-refractivity contribution in [2.75, 3.05) is 13.1 Å². The third-order valence-corrected chi connectivity index (χ3v) is 5.33. The van der Waals surface area contributed by atoms with Crippen molar-refractivity contribution in [2.45, 2.75) is 32.3 Å². The van der Waals surface area contributed by atoms with E-state index >= 15 is 0 Å². The number of rotatable bonds is 8. The highest BCUT2D eigenvalue weighted by Crippen LogP contribution is 2.28. The Bertz CT molecular complexity index is 672. The fraction of sp³-hybridized carbons (Fsp3) is 0.400. The summed E-state index contributed by atoms with van der Waals surface area (Å²) in [4.78, 5) is 0. The zero-order valence-electron chi connectivity index (χ0n) is 13.7. The first-order valence-corrected chi connectivity index (χ1v) is 9.74. The lowest BCUT2D eigenvalue weighted by Crippen LogP contribution is -2.41. The van der Waals surface area contributed by atoms with E-state index in [0.29, 0.717) is 11.6 Å². The molecule has 1 aliphatic heterocycles. The Morgan fingerprint density at radius 2 is 1.92 bits per heavy atom. The van der Waals surface area contributed by atoms with Gasteiger partial charge in [0.25, 0.3) is 0 Å². The monoisotopic (exact) mass is 407 g/mol. The van der Waals surface area contributed by atoms with Crippen LogP contribution in [0.5, 0.6) is 5.75 Å². The summed E-state index contributed by atoms with van der Waals surface area (Å²) in [5.41, 5.74) is 2.61. The van der Waals surface area contributed by atoms with E-state index in [1.165, 1.54) is 43.5 Å². The summed E-state index contributed by atoms with van der Waals surface area (Å²) in [6, 6.07) is 14.3. The van der Waals surface area contributed by atoms with E-state index in [-0.39, 0.29) is 0 Å². The molecule has 3 rings (SSSR count). The molecule has 2 aromatic rings. The SMILES string of the molecule is Clc1ccc(OCc2cccc(CCCCC3CNC3)c2)c(Br)c1. The van der Waals surface area contributed by atoms with Gasteiger partial charge in [-0.3, -0.25) is 0 Å². The molecule has 2 aromatic carbocycles. The van der Waals surface area contributed by atoms with Crippen LogP contribution in [-0.4, -0.2) is 13.1 Å². The number of nitrogens with one attached hydrogen (secondary N) is 1. The summed E-state index contributed by atoms with van der Waals surface area (Å²) >= 11 is 9.44. The van der Waals surface area contributed by atoms with Gasteiger partial charge in [0.15, 0.2) is 0 Å². The number of aryl methyl sites for hydroxylation is 1. The predicted molar refractivity (Wildman–Crippen MR) is 104 cm³/mol. The van der Waals surface area contributed by atoms with Gasteiger partial charge in [-0.05, 0) is 83.5 Å². The lowest BCUT2D eigenvalue weighted by molar-refractivity contribution is 0.304. The van der Waals surface area contributed by atoms with E-state index in [0.717, 1.165) is 22.6 Å². The Labute approximate surface area is 157 Å². The molecule has 1 heterocycles. The molecule has 0 saturated carbocycles. The van der Waals surface area contributed by atoms with Crippen molar-refractivity contribution in [3.8, 4) is 5.75 Å². The Kier molecular flexibility index (Phi) is 6.59. The van der Waals surface area contributed by atoms with Crippen LogP contribution in [0.3, 0.4) is 0 Å². The molecule has 0 unspecified atom stereocenters. The Morgan fingerprint density at radius 3 is 2.67 bits per heavy atom. The molecule has 0 aromatic heterocycles. The van der Waals surface area contributed by atoms with Gasteiger partial charge >= 0.3 is 0 Å². The first-order chi connectivity index (χ1) is 11.7. The molecule has 0 atom stereocenters. The van der Waals surface area contributed by atoms with Crippen LogP contribution in [0.2, 0.25) is 5.02 Å². The number of hydrogen-bond donors (Lipinski definition) is 1. The van der Waals surface area contributed by atoms with E-state index in [1.54, 1.807) is 0 Å². The molecular formula is C20H23BrClNO. The zero-order valence-corrected chi connectivity index (χ0v) is 16.1. The van der Waals surface area contributed by atoms with Gasteiger partial charge < -0.3 is 10.1 Å². The number of hydrogen-bond acceptors (Lipinski definition) is 2. The van der Waals surface area contributed by atoms with Crippen molar-refractivity contribution < 1.29 is 4.74 Å². The molecule has 24 heavy (non-hydrogen) atoms. The van der Waals surface area contributed by atoms with Crippen LogP contribution in [0.1, 0.15) is 30.4 Å². The van der Waals surface area contributed by atoms with Crippen molar-refractivity contribution in [1.82, 2.24) is 5.32 Å². The fourth-order valence-corrected chi connectivity index (χ4v) is 3.74. The Morgan fingerprint density at radius 1 is 1.08 bits per heavy atom. The van der Waals surface area contributed by atoms with Crippen molar-refractivity contribution in [3.05, 3.63) is 63.1 Å². The zero-order chi connectivity index (χ0) is 16.8. The molecule has 0 aliphatic carbocycles. The molecule has 1 fully saturated rings. The largest absolute Gasteiger partial charge is 0.488 e. The van der Waals surface area contributed by atoms with Gasteiger partial charge in [-0.25, -0.2) is 0 Å². The molecule has 2 nitrogen and oxygen atoms in total. The molecule has 1 N–H and O–H groups in total. The second-order valence-corrected chi connectivity index (χ2v) is 7.74. The number of benzene rings is 2. The summed E-state index contributed by atoms with van der Waals surface area (Å²) in [5, 5.41) is 4.04. The highest BCUT2D eigenvalue weighted by Gasteiger charge is 2.15. The molecule has 0 radical (unpaired) electrons. The van der Waals surface area contributed by atoms with Crippen molar-refractivity contribution in [3.63, 3.8) is 0 Å². The summed E-state index contributed by atoms with van der Waals surface area (Å²) in [7, 11) is 0. The van der Waals surface area contributed by atoms with Crippen LogP contribution < -0.4 is 10.1 Å². The molecule has 0 bridgehead atoms. The molecule has 4 heteroatoms. The minimum Gasteiger partial charge on any atom is -0.488 e. The van der Waals surface area contributed by atoms with E-state index in [1.807, 2.05) is 18.2 Å². The minimum atomic E-state index is 0.571. The summed E-state index contributed by atoms with van der Waals surface area (Å²) in [6.07, 6.45) is 5.10. The molecule has 0 amide bonds. The molecule has 0 spiro atoms. The van der Waals surface area contributed by atoms with Gasteiger partial charge in [-0.2, -0.15) is 0 Å². The van der Waals surface area contributed by atoms with Crippen LogP contribution in [0.15, 0.2) is 46.9 Å². The van der Waals surface area contributed by atoms with Crippen LogP contribution in [0, 0.1) is 5.92 Å². The van der Waals surface area contributed by atoms with Gasteiger partial charge in [0, 0.05) is 5.02 Å². The van der Waals surface area contributed by atoms with Crippen LogP contribution in [0.25, 0.3) is 0 Å². The third kappa shape index (κ3) is 5.23. The van der Waals surface area contributed by atoms with Crippen molar-refractivity contribution >= 4 is 27.5 Å². The van der Waals surface area contributed by atoms with Gasteiger partial charge in [0.1, 0.15) is 12.4 Å². The molecule has 1 aliphatic rings. The van der Waals surface area contributed by atoms with Gasteiger partial charge in [0.2, 0.25) is 0 Å². The van der Waals surface area contributed by atoms with E-state index < -0.39 is 0 Å². The maximum atomic E-state index is 5.96. The third-order valence-electron chi connectivity index (χ3n) is 4.47. The van der Waals surface area contributed by atoms with Crippen molar-refractivity contribution in [1.29, 1.82) is 0 Å². The van der Waals surface area contributed by atoms with E-state index in [9.17, 15) is 0 Å². The minimum absolute atomic E-state index is 0.571. The lowest BCUT2D eigenvalue weighted by Gasteiger charge is -2.26. The summed E-state index contributed by atoms with van der Waals surface area (Å²) < 4.78 is 6.79. The highest BCUT2D eigenvalue weighted by molar-refractivity contribution is 9.10. The molecule has 1 saturated heterocycles. The first kappa shape index (κ1) is 17.8. The smallest absolute Gasteiger partial charge is 0.134 e. The summed E-state index contributed by atoms with van der Waals surface area (Å²) in [6.45, 7) is 3.00. The van der Waals surface area contributed by atoms with Crippen molar-refractivity contribution in [2.24, 2.45) is 5.92 Å². The second kappa shape index (κ2) is 8.89. The molecule has 128 valence electrons. The van der Waals surface area contributed by atoms with Crippen LogP contribution in [0.4, 0.5) is 0 Å². The average molecular weight is 409 g/mol. The van der Waals surface area contributed by atoms with Gasteiger partial charge in [-0.15, -0.1) is 0 Å². The Hall–Kier alpha value is -1.03. The number of unbranched alkanes of at least 4 members (excludes halogenated alkanes) is 1. The van der Waals surface area contributed by atoms with Crippen LogP contribution >= 0.6 is 27.5 Å². The Balaban J connectivity index is 1.47. The normalized spacial score (nSPS) is 14.4. The van der Waals surface area contributed by atoms with E-state index in [4.69, 9.17) is 16.3 Å². The van der Waals surface area contributed by atoms with E-state index in [2.05, 4.69) is 45.5 Å². The number of ether oxygens (including phenoxy) is 1. The predicted octanol–water partition coefficient (Wildman–Crippen LogP) is 5.61. The maximum Gasteiger partial charge on any atom is 0.134 e. The van der Waals surface area contributed by atoms with Crippen LogP contribution in [-0.2, 0) is 13.0 Å². The average Bonchev–Trinajstić information content (AvgIpc) is 2.52.